The molecule has 0 saturated heterocycles. The van der Waals surface area contributed by atoms with Crippen LogP contribution in [0, 0.1) is 13.8 Å². The SMILES string of the molecule is Cc1cccc(S(=O)(=O)Nc2ncccc2C)c1. The molecule has 0 amide bonds. The minimum Gasteiger partial charge on any atom is -0.263 e. The average Bonchev–Trinajstić information content (AvgIpc) is 2.32. The molecule has 0 aliphatic heterocycles. The van der Waals surface area contributed by atoms with Crippen LogP contribution in [-0.4, -0.2) is 13.4 Å². The standard InChI is InChI=1S/C13H14N2O2S/c1-10-5-3-7-12(9-10)18(16,17)15-13-11(2)6-4-8-14-13/h3-9H,1-2H3,(H,14,15). The highest BCUT2D eigenvalue weighted by Gasteiger charge is 2.15. The molecule has 94 valence electrons. The van der Waals surface area contributed by atoms with E-state index in [2.05, 4.69) is 9.71 Å². The number of nitrogens with one attached hydrogen (secondary N) is 1. The van der Waals surface area contributed by atoms with Crippen molar-refractivity contribution in [1.29, 1.82) is 0 Å². The fourth-order valence-corrected chi connectivity index (χ4v) is 2.75. The first-order valence-electron chi connectivity index (χ1n) is 5.50. The molecule has 2 aromatic rings. The van der Waals surface area contributed by atoms with Crippen LogP contribution in [0.25, 0.3) is 0 Å². The number of nitrogens with zero attached hydrogens (tertiary/aromatic N) is 1. The number of hydrogen-bond donors (Lipinski definition) is 1. The second kappa shape index (κ2) is 4.78. The van der Waals surface area contributed by atoms with Gasteiger partial charge in [0, 0.05) is 6.20 Å². The first-order valence-corrected chi connectivity index (χ1v) is 6.98. The van der Waals surface area contributed by atoms with E-state index in [0.29, 0.717) is 5.82 Å². The Bertz CT molecular complexity index is 666. The third-order valence-electron chi connectivity index (χ3n) is 2.54. The fourth-order valence-electron chi connectivity index (χ4n) is 1.56. The van der Waals surface area contributed by atoms with Gasteiger partial charge in [0.05, 0.1) is 4.90 Å². The van der Waals surface area contributed by atoms with Crippen LogP contribution in [0.2, 0.25) is 0 Å². The number of benzene rings is 1. The molecule has 0 unspecified atom stereocenters. The Labute approximate surface area is 107 Å². The molecule has 0 bridgehead atoms. The van der Waals surface area contributed by atoms with Crippen molar-refractivity contribution in [2.24, 2.45) is 0 Å². The lowest BCUT2D eigenvalue weighted by Gasteiger charge is -2.09. The first-order chi connectivity index (χ1) is 8.49. The summed E-state index contributed by atoms with van der Waals surface area (Å²) in [6.45, 7) is 3.66. The quantitative estimate of drug-likeness (QED) is 0.924. The van der Waals surface area contributed by atoms with Crippen molar-refractivity contribution in [2.75, 3.05) is 4.72 Å². The molecule has 2 rings (SSSR count). The van der Waals surface area contributed by atoms with Crippen molar-refractivity contribution in [2.45, 2.75) is 18.7 Å². The highest BCUT2D eigenvalue weighted by molar-refractivity contribution is 7.92. The van der Waals surface area contributed by atoms with Crippen molar-refractivity contribution in [3.63, 3.8) is 0 Å². The number of anilines is 1. The number of rotatable bonds is 3. The Kier molecular flexibility index (Phi) is 3.34. The van der Waals surface area contributed by atoms with Gasteiger partial charge in [0.25, 0.3) is 10.0 Å². The van der Waals surface area contributed by atoms with E-state index in [1.165, 1.54) is 0 Å². The van der Waals surface area contributed by atoms with Gasteiger partial charge in [-0.25, -0.2) is 13.4 Å². The molecular weight excluding hydrogens is 248 g/mol. The summed E-state index contributed by atoms with van der Waals surface area (Å²) >= 11 is 0. The lowest BCUT2D eigenvalue weighted by Crippen LogP contribution is -2.14. The van der Waals surface area contributed by atoms with Crippen LogP contribution in [0.3, 0.4) is 0 Å². The lowest BCUT2D eigenvalue weighted by atomic mass is 10.2. The number of aromatic nitrogens is 1. The summed E-state index contributed by atoms with van der Waals surface area (Å²) in [4.78, 5) is 4.26. The van der Waals surface area contributed by atoms with Crippen molar-refractivity contribution < 1.29 is 8.42 Å². The number of pyridine rings is 1. The Morgan fingerprint density at radius 1 is 1.11 bits per heavy atom. The molecule has 0 saturated carbocycles. The zero-order valence-corrected chi connectivity index (χ0v) is 11.0. The van der Waals surface area contributed by atoms with E-state index in [1.54, 1.807) is 43.5 Å². The molecule has 4 nitrogen and oxygen atoms in total. The van der Waals surface area contributed by atoms with Gasteiger partial charge >= 0.3 is 0 Å². The summed E-state index contributed by atoms with van der Waals surface area (Å²) in [6.07, 6.45) is 1.56. The zero-order valence-electron chi connectivity index (χ0n) is 10.2. The molecule has 0 spiro atoms. The molecule has 0 aliphatic rings. The molecular formula is C13H14N2O2S. The highest BCUT2D eigenvalue weighted by atomic mass is 32.2. The third-order valence-corrected chi connectivity index (χ3v) is 3.88. The predicted molar refractivity (Wildman–Crippen MR) is 71.0 cm³/mol. The number of aryl methyl sites for hydroxylation is 2. The van der Waals surface area contributed by atoms with Gasteiger partial charge in [-0.1, -0.05) is 18.2 Å². The summed E-state index contributed by atoms with van der Waals surface area (Å²) < 4.78 is 26.8. The average molecular weight is 262 g/mol. The van der Waals surface area contributed by atoms with Crippen LogP contribution in [0.15, 0.2) is 47.5 Å². The minimum absolute atomic E-state index is 0.243. The number of hydrogen-bond acceptors (Lipinski definition) is 3. The maximum atomic E-state index is 12.2. The molecule has 5 heteroatoms. The van der Waals surface area contributed by atoms with Gasteiger partial charge in [0.2, 0.25) is 0 Å². The Morgan fingerprint density at radius 3 is 2.56 bits per heavy atom. The van der Waals surface area contributed by atoms with Crippen molar-refractivity contribution >= 4 is 15.8 Å². The maximum Gasteiger partial charge on any atom is 0.263 e. The predicted octanol–water partition coefficient (Wildman–Crippen LogP) is 2.50. The van der Waals surface area contributed by atoms with E-state index >= 15 is 0 Å². The van der Waals surface area contributed by atoms with E-state index in [0.717, 1.165) is 11.1 Å². The summed E-state index contributed by atoms with van der Waals surface area (Å²) in [5, 5.41) is 0. The van der Waals surface area contributed by atoms with Crippen molar-refractivity contribution in [3.05, 3.63) is 53.7 Å². The second-order valence-corrected chi connectivity index (χ2v) is 5.77. The fraction of sp³-hybridized carbons (Fsp3) is 0.154. The van der Waals surface area contributed by atoms with Gasteiger partial charge in [0.1, 0.15) is 5.82 Å². The van der Waals surface area contributed by atoms with Crippen LogP contribution in [0.5, 0.6) is 0 Å². The van der Waals surface area contributed by atoms with Gasteiger partial charge in [-0.2, -0.15) is 0 Å². The summed E-state index contributed by atoms with van der Waals surface area (Å²) in [6, 6.07) is 10.3. The van der Waals surface area contributed by atoms with Crippen LogP contribution < -0.4 is 4.72 Å². The Morgan fingerprint density at radius 2 is 1.89 bits per heavy atom. The second-order valence-electron chi connectivity index (χ2n) is 4.09. The Balaban J connectivity index is 2.37. The monoisotopic (exact) mass is 262 g/mol. The van der Waals surface area contributed by atoms with E-state index < -0.39 is 10.0 Å². The Hall–Kier alpha value is -1.88. The van der Waals surface area contributed by atoms with Gasteiger partial charge in [0.15, 0.2) is 0 Å². The molecule has 0 atom stereocenters. The van der Waals surface area contributed by atoms with Gasteiger partial charge in [-0.15, -0.1) is 0 Å². The third kappa shape index (κ3) is 2.68. The minimum atomic E-state index is -3.57. The first kappa shape index (κ1) is 12.6. The van der Waals surface area contributed by atoms with Crippen molar-refractivity contribution in [3.8, 4) is 0 Å². The number of sulfonamides is 1. The summed E-state index contributed by atoms with van der Waals surface area (Å²) in [5.41, 5.74) is 1.68. The zero-order chi connectivity index (χ0) is 13.2. The molecule has 1 aromatic heterocycles. The molecule has 1 N–H and O–H groups in total. The molecule has 0 fully saturated rings. The van der Waals surface area contributed by atoms with Crippen LogP contribution in [0.1, 0.15) is 11.1 Å². The van der Waals surface area contributed by atoms with Crippen LogP contribution >= 0.6 is 0 Å². The van der Waals surface area contributed by atoms with Gasteiger partial charge in [-0.3, -0.25) is 4.72 Å². The van der Waals surface area contributed by atoms with Crippen molar-refractivity contribution in [1.82, 2.24) is 4.98 Å². The summed E-state index contributed by atoms with van der Waals surface area (Å²) in [7, 11) is -3.57. The molecule has 1 aromatic carbocycles. The molecule has 18 heavy (non-hydrogen) atoms. The van der Waals surface area contributed by atoms with E-state index in [-0.39, 0.29) is 4.90 Å². The molecule has 0 radical (unpaired) electrons. The largest absolute Gasteiger partial charge is 0.263 e. The van der Waals surface area contributed by atoms with Gasteiger partial charge < -0.3 is 0 Å². The van der Waals surface area contributed by atoms with Gasteiger partial charge in [-0.05, 0) is 43.2 Å². The lowest BCUT2D eigenvalue weighted by molar-refractivity contribution is 0.601. The molecule has 1 heterocycles. The maximum absolute atomic E-state index is 12.2. The topological polar surface area (TPSA) is 59.1 Å². The summed E-state index contributed by atoms with van der Waals surface area (Å²) in [5.74, 6) is 0.360. The normalized spacial score (nSPS) is 11.2. The van der Waals surface area contributed by atoms with Crippen LogP contribution in [-0.2, 0) is 10.0 Å². The van der Waals surface area contributed by atoms with E-state index in [9.17, 15) is 8.42 Å². The highest BCUT2D eigenvalue weighted by Crippen LogP contribution is 2.17. The van der Waals surface area contributed by atoms with E-state index in [4.69, 9.17) is 0 Å². The van der Waals surface area contributed by atoms with E-state index in [1.807, 2.05) is 13.0 Å². The smallest absolute Gasteiger partial charge is 0.263 e. The van der Waals surface area contributed by atoms with Crippen LogP contribution in [0.4, 0.5) is 5.82 Å². The molecule has 0 aliphatic carbocycles.